The van der Waals surface area contributed by atoms with Crippen LogP contribution in [0.2, 0.25) is 0 Å². The number of anilines is 1. The highest BCUT2D eigenvalue weighted by atomic mass is 32.2. The summed E-state index contributed by atoms with van der Waals surface area (Å²) < 4.78 is 36.6. The molecule has 0 aliphatic carbocycles. The third kappa shape index (κ3) is 6.75. The number of aromatic nitrogens is 3. The van der Waals surface area contributed by atoms with Crippen LogP contribution in [-0.2, 0) is 0 Å². The van der Waals surface area contributed by atoms with Crippen molar-refractivity contribution < 1.29 is 13.2 Å². The zero-order valence-electron chi connectivity index (χ0n) is 14.5. The van der Waals surface area contributed by atoms with Gasteiger partial charge in [0.2, 0.25) is 0 Å². The Morgan fingerprint density at radius 3 is 2.67 bits per heavy atom. The van der Waals surface area contributed by atoms with E-state index in [1.54, 1.807) is 12.4 Å². The Kier molecular flexibility index (Phi) is 8.01. The Hall–Kier alpha value is -1.70. The molecule has 4 nitrogen and oxygen atoms in total. The van der Waals surface area contributed by atoms with Gasteiger partial charge in [-0.3, -0.25) is 0 Å². The van der Waals surface area contributed by atoms with Crippen molar-refractivity contribution in [2.24, 2.45) is 0 Å². The predicted octanol–water partition coefficient (Wildman–Crippen LogP) is 4.75. The van der Waals surface area contributed by atoms with E-state index in [1.165, 1.54) is 29.4 Å². The summed E-state index contributed by atoms with van der Waals surface area (Å²) in [5.74, 6) is 3.12. The Bertz CT molecular complexity index is 800. The van der Waals surface area contributed by atoms with E-state index in [0.717, 1.165) is 21.3 Å². The van der Waals surface area contributed by atoms with E-state index in [0.29, 0.717) is 17.2 Å². The first-order valence-electron chi connectivity index (χ1n) is 7.93. The van der Waals surface area contributed by atoms with E-state index < -0.39 is 12.6 Å². The predicted molar refractivity (Wildman–Crippen MR) is 109 cm³/mol. The van der Waals surface area contributed by atoms with Crippen molar-refractivity contribution in [3.63, 3.8) is 0 Å². The summed E-state index contributed by atoms with van der Waals surface area (Å²) >= 11 is 8.14. The number of hydrogen-bond acceptors (Lipinski definition) is 6. The van der Waals surface area contributed by atoms with Gasteiger partial charge in [0, 0.05) is 30.1 Å². The van der Waals surface area contributed by atoms with Gasteiger partial charge in [-0.05, 0) is 12.7 Å². The highest BCUT2D eigenvalue weighted by molar-refractivity contribution is 7.99. The van der Waals surface area contributed by atoms with Gasteiger partial charge in [0.1, 0.15) is 16.3 Å². The Morgan fingerprint density at radius 2 is 2.04 bits per heavy atom. The maximum Gasteiger partial charge on any atom is 0.389 e. The molecule has 0 amide bonds. The number of alkyl halides is 3. The molecule has 144 valence electrons. The number of terminal acetylenes is 1. The second-order valence-electron chi connectivity index (χ2n) is 5.45. The minimum absolute atomic E-state index is 0.0268. The molecule has 0 bridgehead atoms. The number of rotatable bonds is 8. The molecular formula is C17H17F3N4S3. The molecule has 0 aromatic carbocycles. The molecule has 2 aromatic heterocycles. The standard InChI is InChI=1S/C17H17F3N4S3/c1-3-6-24(14(25)4-7-26-8-5-17(18,19)20)16-12(2)23-15(27-16)13-9-21-11-22-10-13/h1,9-11H,4-8H2,2H3. The largest absolute Gasteiger partial charge is 0.389 e. The number of thiazole rings is 1. The molecule has 2 rings (SSSR count). The third-order valence-electron chi connectivity index (χ3n) is 3.37. The Morgan fingerprint density at radius 1 is 1.33 bits per heavy atom. The zero-order chi connectivity index (χ0) is 19.9. The molecular weight excluding hydrogens is 413 g/mol. The molecule has 10 heteroatoms. The maximum absolute atomic E-state index is 12.2. The molecule has 0 radical (unpaired) electrons. The molecule has 0 fully saturated rings. The molecule has 0 saturated heterocycles. The fourth-order valence-electron chi connectivity index (χ4n) is 2.12. The van der Waals surface area contributed by atoms with Gasteiger partial charge in [-0.1, -0.05) is 29.5 Å². The zero-order valence-corrected chi connectivity index (χ0v) is 16.9. The maximum atomic E-state index is 12.2. The first-order valence-corrected chi connectivity index (χ1v) is 10.3. The minimum atomic E-state index is -4.12. The molecule has 0 aliphatic heterocycles. The Labute approximate surface area is 169 Å². The fraction of sp³-hybridized carbons (Fsp3) is 0.412. The number of thioether (sulfide) groups is 1. The number of aryl methyl sites for hydroxylation is 1. The van der Waals surface area contributed by atoms with E-state index >= 15 is 0 Å². The first kappa shape index (κ1) is 21.6. The lowest BCUT2D eigenvalue weighted by Crippen LogP contribution is -2.30. The van der Waals surface area contributed by atoms with Gasteiger partial charge in [0.25, 0.3) is 0 Å². The van der Waals surface area contributed by atoms with Crippen LogP contribution in [0.15, 0.2) is 18.7 Å². The van der Waals surface area contributed by atoms with E-state index in [4.69, 9.17) is 18.6 Å². The molecule has 2 heterocycles. The molecule has 0 aliphatic rings. The fourth-order valence-corrected chi connectivity index (χ4v) is 4.55. The topological polar surface area (TPSA) is 41.9 Å². The molecule has 2 aromatic rings. The summed E-state index contributed by atoms with van der Waals surface area (Å²) in [6.45, 7) is 2.14. The Balaban J connectivity index is 2.03. The molecule has 0 atom stereocenters. The monoisotopic (exact) mass is 430 g/mol. The van der Waals surface area contributed by atoms with Gasteiger partial charge in [-0.2, -0.15) is 24.9 Å². The van der Waals surface area contributed by atoms with Crippen LogP contribution in [-0.4, -0.2) is 44.2 Å². The number of thiocarbonyl (C=S) groups is 1. The summed E-state index contributed by atoms with van der Waals surface area (Å²) in [5, 5.41) is 1.59. The van der Waals surface area contributed by atoms with E-state index in [9.17, 15) is 13.2 Å². The molecule has 0 N–H and O–H groups in total. The minimum Gasteiger partial charge on any atom is -0.314 e. The quantitative estimate of drug-likeness (QED) is 0.342. The van der Waals surface area contributed by atoms with Crippen LogP contribution in [0.5, 0.6) is 0 Å². The lowest BCUT2D eigenvalue weighted by molar-refractivity contribution is -0.129. The highest BCUT2D eigenvalue weighted by Crippen LogP contribution is 2.34. The lowest BCUT2D eigenvalue weighted by Gasteiger charge is -2.21. The van der Waals surface area contributed by atoms with Crippen LogP contribution in [0.25, 0.3) is 10.6 Å². The van der Waals surface area contributed by atoms with Crippen molar-refractivity contribution in [3.05, 3.63) is 24.4 Å². The summed E-state index contributed by atoms with van der Waals surface area (Å²) in [7, 11) is 0. The van der Waals surface area contributed by atoms with Crippen LogP contribution in [0, 0.1) is 19.3 Å². The van der Waals surface area contributed by atoms with Crippen LogP contribution < -0.4 is 4.90 Å². The highest BCUT2D eigenvalue weighted by Gasteiger charge is 2.26. The average molecular weight is 431 g/mol. The van der Waals surface area contributed by atoms with Gasteiger partial charge in [0.05, 0.1) is 23.6 Å². The second kappa shape index (κ2) is 10.0. The molecule has 27 heavy (non-hydrogen) atoms. The van der Waals surface area contributed by atoms with Crippen molar-refractivity contribution in [1.82, 2.24) is 15.0 Å². The second-order valence-corrected chi connectivity index (χ2v) is 8.12. The van der Waals surface area contributed by atoms with E-state index in [2.05, 4.69) is 20.9 Å². The smallest absolute Gasteiger partial charge is 0.314 e. The van der Waals surface area contributed by atoms with E-state index in [-0.39, 0.29) is 12.3 Å². The van der Waals surface area contributed by atoms with Gasteiger partial charge in [-0.25, -0.2) is 15.0 Å². The van der Waals surface area contributed by atoms with Crippen LogP contribution in [0.4, 0.5) is 18.2 Å². The van der Waals surface area contributed by atoms with Crippen molar-refractivity contribution >= 4 is 45.3 Å². The number of hydrogen-bond donors (Lipinski definition) is 0. The van der Waals surface area contributed by atoms with E-state index in [1.807, 2.05) is 11.8 Å². The normalized spacial score (nSPS) is 11.2. The van der Waals surface area contributed by atoms with Crippen LogP contribution >= 0.6 is 35.3 Å². The SMILES string of the molecule is C#CCN(C(=S)CCSCCC(F)(F)F)c1sc(-c2cncnc2)nc1C. The van der Waals surface area contributed by atoms with Crippen molar-refractivity contribution in [2.75, 3.05) is 23.0 Å². The van der Waals surface area contributed by atoms with Gasteiger partial charge in [0.15, 0.2) is 0 Å². The van der Waals surface area contributed by atoms with Crippen LogP contribution in [0.3, 0.4) is 0 Å². The van der Waals surface area contributed by atoms with Gasteiger partial charge in [-0.15, -0.1) is 6.42 Å². The van der Waals surface area contributed by atoms with Gasteiger partial charge >= 0.3 is 6.18 Å². The average Bonchev–Trinajstić information content (AvgIpc) is 3.00. The van der Waals surface area contributed by atoms with Crippen molar-refractivity contribution in [1.29, 1.82) is 0 Å². The van der Waals surface area contributed by atoms with Gasteiger partial charge < -0.3 is 4.90 Å². The summed E-state index contributed by atoms with van der Waals surface area (Å²) in [4.78, 5) is 14.9. The van der Waals surface area contributed by atoms with Crippen LogP contribution in [0.1, 0.15) is 18.5 Å². The molecule has 0 saturated carbocycles. The lowest BCUT2D eigenvalue weighted by atomic mass is 10.3. The third-order valence-corrected chi connectivity index (χ3v) is 6.00. The molecule has 0 unspecified atom stereocenters. The van der Waals surface area contributed by atoms with Crippen molar-refractivity contribution in [3.8, 4) is 22.9 Å². The summed E-state index contributed by atoms with van der Waals surface area (Å²) in [5.41, 5.74) is 1.58. The number of halogens is 3. The first-order chi connectivity index (χ1) is 12.8. The summed E-state index contributed by atoms with van der Waals surface area (Å²) in [6, 6.07) is 0. The number of nitrogens with zero attached hydrogens (tertiary/aromatic N) is 4. The van der Waals surface area contributed by atoms with Crippen molar-refractivity contribution in [2.45, 2.75) is 25.9 Å². The molecule has 0 spiro atoms. The summed E-state index contributed by atoms with van der Waals surface area (Å²) in [6.07, 6.45) is 5.83.